The lowest BCUT2D eigenvalue weighted by Crippen LogP contribution is -2.23. The molecule has 2 N–H and O–H groups in total. The molecule has 0 atom stereocenters. The van der Waals surface area contributed by atoms with Crippen molar-refractivity contribution in [3.63, 3.8) is 0 Å². The Morgan fingerprint density at radius 3 is 2.77 bits per heavy atom. The first-order valence-electron chi connectivity index (χ1n) is 9.53. The second-order valence-electron chi connectivity index (χ2n) is 6.69. The maximum absolute atomic E-state index is 12.2. The predicted octanol–water partition coefficient (Wildman–Crippen LogP) is 3.03. The summed E-state index contributed by atoms with van der Waals surface area (Å²) < 4.78 is 1.66. The first-order chi connectivity index (χ1) is 14.7. The van der Waals surface area contributed by atoms with Crippen LogP contribution in [0.4, 0.5) is 5.82 Å². The number of rotatable bonds is 8. The Hall–Kier alpha value is -3.52. The van der Waals surface area contributed by atoms with Gasteiger partial charge in [0, 0.05) is 43.3 Å². The summed E-state index contributed by atoms with van der Waals surface area (Å²) in [6, 6.07) is 15.1. The molecule has 30 heavy (non-hydrogen) atoms. The van der Waals surface area contributed by atoms with Crippen molar-refractivity contribution in [2.45, 2.75) is 25.9 Å². The van der Waals surface area contributed by atoms with Crippen molar-refractivity contribution < 1.29 is 4.79 Å². The van der Waals surface area contributed by atoms with Crippen molar-refractivity contribution in [3.8, 4) is 0 Å². The summed E-state index contributed by atoms with van der Waals surface area (Å²) in [5.74, 6) is 1.23. The first kappa shape index (κ1) is 19.8. The van der Waals surface area contributed by atoms with Gasteiger partial charge in [0.05, 0.1) is 0 Å². The van der Waals surface area contributed by atoms with E-state index < -0.39 is 0 Å². The summed E-state index contributed by atoms with van der Waals surface area (Å²) in [5.41, 5.74) is 2.56. The van der Waals surface area contributed by atoms with Crippen molar-refractivity contribution in [2.24, 2.45) is 0 Å². The maximum Gasteiger partial charge on any atom is 0.220 e. The van der Waals surface area contributed by atoms with Gasteiger partial charge in [-0.15, -0.1) is 15.3 Å². The Morgan fingerprint density at radius 2 is 1.93 bits per heavy atom. The molecule has 152 valence electrons. The second-order valence-corrected chi connectivity index (χ2v) is 7.09. The fraction of sp³-hybridized carbons (Fsp3) is 0.190. The lowest BCUT2D eigenvalue weighted by molar-refractivity contribution is -0.121. The normalized spacial score (nSPS) is 10.8. The van der Waals surface area contributed by atoms with E-state index in [2.05, 4.69) is 30.9 Å². The molecule has 0 aliphatic heterocycles. The third-order valence-corrected chi connectivity index (χ3v) is 4.90. The third-order valence-electron chi connectivity index (χ3n) is 4.53. The van der Waals surface area contributed by atoms with Crippen LogP contribution in [-0.4, -0.2) is 30.7 Å². The molecule has 1 aromatic carbocycles. The number of hydrogen-bond acceptors (Lipinski definition) is 6. The number of carbonyl (C=O) groups excluding carboxylic acids is 1. The molecule has 0 unspecified atom stereocenters. The van der Waals surface area contributed by atoms with Crippen molar-refractivity contribution in [1.82, 2.24) is 30.1 Å². The number of nitrogens with zero attached hydrogens (tertiary/aromatic N) is 5. The van der Waals surface area contributed by atoms with E-state index >= 15 is 0 Å². The molecule has 0 bridgehead atoms. The fourth-order valence-corrected chi connectivity index (χ4v) is 3.13. The zero-order chi connectivity index (χ0) is 20.8. The second kappa shape index (κ2) is 9.32. The number of nitrogens with one attached hydrogen (secondary N) is 2. The number of aryl methyl sites for hydroxylation is 1. The van der Waals surface area contributed by atoms with Gasteiger partial charge in [-0.2, -0.15) is 4.52 Å². The number of hydrogen-bond donors (Lipinski definition) is 2. The summed E-state index contributed by atoms with van der Waals surface area (Å²) in [6.45, 7) is 0.994. The number of amides is 1. The topological polar surface area (TPSA) is 97.1 Å². The van der Waals surface area contributed by atoms with Crippen LogP contribution in [0.2, 0.25) is 5.02 Å². The Labute approximate surface area is 178 Å². The quantitative estimate of drug-likeness (QED) is 0.454. The monoisotopic (exact) mass is 421 g/mol. The van der Waals surface area contributed by atoms with Crippen molar-refractivity contribution in [3.05, 3.63) is 82.9 Å². The van der Waals surface area contributed by atoms with Crippen LogP contribution in [0.1, 0.15) is 23.4 Å². The average molecular weight is 422 g/mol. The van der Waals surface area contributed by atoms with Crippen molar-refractivity contribution >= 4 is 29.0 Å². The Bertz CT molecular complexity index is 1150. The summed E-state index contributed by atoms with van der Waals surface area (Å²) in [5, 5.41) is 19.7. The molecule has 0 saturated heterocycles. The zero-order valence-electron chi connectivity index (χ0n) is 16.1. The number of benzene rings is 1. The van der Waals surface area contributed by atoms with Crippen LogP contribution in [0.3, 0.4) is 0 Å². The molecule has 3 aromatic heterocycles. The van der Waals surface area contributed by atoms with Gasteiger partial charge >= 0.3 is 0 Å². The summed E-state index contributed by atoms with van der Waals surface area (Å²) in [4.78, 5) is 16.2. The van der Waals surface area contributed by atoms with E-state index in [4.69, 9.17) is 11.6 Å². The molecular formula is C21H20ClN7O. The predicted molar refractivity (Wildman–Crippen MR) is 114 cm³/mol. The van der Waals surface area contributed by atoms with Crippen LogP contribution < -0.4 is 10.6 Å². The number of halogens is 1. The van der Waals surface area contributed by atoms with Crippen LogP contribution in [0.15, 0.2) is 60.9 Å². The number of aromatic nitrogens is 5. The summed E-state index contributed by atoms with van der Waals surface area (Å²) in [7, 11) is 0. The van der Waals surface area contributed by atoms with E-state index in [1.54, 1.807) is 16.9 Å². The number of carbonyl (C=O) groups is 1. The number of anilines is 1. The van der Waals surface area contributed by atoms with E-state index in [0.717, 1.165) is 11.1 Å². The fourth-order valence-electron chi connectivity index (χ4n) is 2.93. The number of pyridine rings is 1. The van der Waals surface area contributed by atoms with E-state index in [1.165, 1.54) is 0 Å². The maximum atomic E-state index is 12.2. The van der Waals surface area contributed by atoms with E-state index in [-0.39, 0.29) is 5.91 Å². The Kier molecular flexibility index (Phi) is 6.14. The van der Waals surface area contributed by atoms with E-state index in [1.807, 2.05) is 48.5 Å². The minimum Gasteiger partial charge on any atom is -0.364 e. The van der Waals surface area contributed by atoms with Crippen LogP contribution in [0.5, 0.6) is 0 Å². The Morgan fingerprint density at radius 1 is 1.03 bits per heavy atom. The van der Waals surface area contributed by atoms with Gasteiger partial charge in [-0.1, -0.05) is 35.9 Å². The van der Waals surface area contributed by atoms with Gasteiger partial charge in [0.1, 0.15) is 5.82 Å². The standard InChI is InChI=1S/C21H20ClN7O/c22-17-6-2-1-5-16(17)14-24-18-7-8-19-26-27-20(29(19)28-18)9-10-21(30)25-13-15-4-3-11-23-12-15/h1-8,11-12H,9-10,13-14H2,(H,24,28)(H,25,30). The molecule has 0 saturated carbocycles. The molecular weight excluding hydrogens is 402 g/mol. The van der Waals surface area contributed by atoms with Gasteiger partial charge in [0.2, 0.25) is 5.91 Å². The smallest absolute Gasteiger partial charge is 0.220 e. The lowest BCUT2D eigenvalue weighted by atomic mass is 10.2. The van der Waals surface area contributed by atoms with Gasteiger partial charge in [0.15, 0.2) is 11.5 Å². The van der Waals surface area contributed by atoms with Crippen LogP contribution in [0.25, 0.3) is 5.65 Å². The van der Waals surface area contributed by atoms with Crippen LogP contribution >= 0.6 is 11.6 Å². The average Bonchev–Trinajstić information content (AvgIpc) is 3.18. The summed E-state index contributed by atoms with van der Waals surface area (Å²) in [6.07, 6.45) is 4.15. The van der Waals surface area contributed by atoms with Gasteiger partial charge in [-0.05, 0) is 35.4 Å². The number of fused-ring (bicyclic) bond motifs is 1. The molecule has 0 radical (unpaired) electrons. The molecule has 4 rings (SSSR count). The lowest BCUT2D eigenvalue weighted by Gasteiger charge is -2.08. The van der Waals surface area contributed by atoms with E-state index in [0.29, 0.717) is 48.2 Å². The Balaban J connectivity index is 1.36. The molecule has 9 heteroatoms. The van der Waals surface area contributed by atoms with E-state index in [9.17, 15) is 4.79 Å². The zero-order valence-corrected chi connectivity index (χ0v) is 16.9. The highest BCUT2D eigenvalue weighted by Gasteiger charge is 2.11. The molecule has 3 heterocycles. The van der Waals surface area contributed by atoms with Gasteiger partial charge in [-0.3, -0.25) is 9.78 Å². The minimum atomic E-state index is -0.0661. The van der Waals surface area contributed by atoms with Crippen molar-refractivity contribution in [2.75, 3.05) is 5.32 Å². The largest absolute Gasteiger partial charge is 0.364 e. The molecule has 0 spiro atoms. The van der Waals surface area contributed by atoms with Crippen LogP contribution in [0, 0.1) is 0 Å². The SMILES string of the molecule is O=C(CCc1nnc2ccc(NCc3ccccc3Cl)nn12)NCc1cccnc1. The highest BCUT2D eigenvalue weighted by molar-refractivity contribution is 6.31. The third kappa shape index (κ3) is 4.90. The van der Waals surface area contributed by atoms with Gasteiger partial charge in [-0.25, -0.2) is 0 Å². The van der Waals surface area contributed by atoms with Crippen LogP contribution in [-0.2, 0) is 24.3 Å². The van der Waals surface area contributed by atoms with Gasteiger partial charge < -0.3 is 10.6 Å². The summed E-state index contributed by atoms with van der Waals surface area (Å²) >= 11 is 6.20. The first-order valence-corrected chi connectivity index (χ1v) is 9.91. The molecule has 4 aromatic rings. The highest BCUT2D eigenvalue weighted by Crippen LogP contribution is 2.16. The van der Waals surface area contributed by atoms with Crippen molar-refractivity contribution in [1.29, 1.82) is 0 Å². The highest BCUT2D eigenvalue weighted by atomic mass is 35.5. The molecule has 8 nitrogen and oxygen atoms in total. The molecule has 0 aliphatic rings. The van der Waals surface area contributed by atoms with Gasteiger partial charge in [0.25, 0.3) is 0 Å². The minimum absolute atomic E-state index is 0.0661. The molecule has 0 aliphatic carbocycles. The molecule has 1 amide bonds. The molecule has 0 fully saturated rings.